The van der Waals surface area contributed by atoms with E-state index < -0.39 is 20.9 Å². The van der Waals surface area contributed by atoms with Gasteiger partial charge in [-0.1, -0.05) is 0 Å². The minimum atomic E-state index is -4.12. The van der Waals surface area contributed by atoms with Crippen molar-refractivity contribution in [3.63, 3.8) is 0 Å². The number of nitro benzene ring substituents is 1. The second kappa shape index (κ2) is 5.49. The number of non-ortho nitro benzene ring substituents is 1. The van der Waals surface area contributed by atoms with Crippen LogP contribution in [-0.4, -0.2) is 13.3 Å². The van der Waals surface area contributed by atoms with Crippen LogP contribution in [-0.2, 0) is 10.1 Å². The maximum absolute atomic E-state index is 13.1. The van der Waals surface area contributed by atoms with Crippen molar-refractivity contribution in [3.05, 3.63) is 64.0 Å². The summed E-state index contributed by atoms with van der Waals surface area (Å²) in [6.45, 7) is 1.43. The summed E-state index contributed by atoms with van der Waals surface area (Å²) in [5, 5.41) is 10.5. The van der Waals surface area contributed by atoms with Gasteiger partial charge in [-0.2, -0.15) is 8.42 Å². The molecule has 0 amide bonds. The first-order chi connectivity index (χ1) is 9.79. The highest BCUT2D eigenvalue weighted by atomic mass is 32.2. The third-order valence-electron chi connectivity index (χ3n) is 2.67. The van der Waals surface area contributed by atoms with Gasteiger partial charge in [0.2, 0.25) is 0 Å². The Morgan fingerprint density at radius 1 is 1.14 bits per heavy atom. The van der Waals surface area contributed by atoms with Crippen molar-refractivity contribution < 1.29 is 21.9 Å². The van der Waals surface area contributed by atoms with Gasteiger partial charge in [0.25, 0.3) is 5.69 Å². The Morgan fingerprint density at radius 2 is 1.76 bits per heavy atom. The first-order valence-electron chi connectivity index (χ1n) is 5.75. The molecule has 0 saturated heterocycles. The summed E-state index contributed by atoms with van der Waals surface area (Å²) < 4.78 is 42.0. The zero-order valence-electron chi connectivity index (χ0n) is 10.8. The van der Waals surface area contributed by atoms with Gasteiger partial charge in [0.15, 0.2) is 0 Å². The predicted molar refractivity (Wildman–Crippen MR) is 72.0 cm³/mol. The van der Waals surface area contributed by atoms with Gasteiger partial charge >= 0.3 is 10.1 Å². The lowest BCUT2D eigenvalue weighted by atomic mass is 10.2. The molecule has 2 aromatic carbocycles. The van der Waals surface area contributed by atoms with Gasteiger partial charge in [0.1, 0.15) is 16.5 Å². The molecule has 0 unspecified atom stereocenters. The Labute approximate surface area is 120 Å². The zero-order chi connectivity index (χ0) is 15.6. The first kappa shape index (κ1) is 14.9. The van der Waals surface area contributed by atoms with Gasteiger partial charge in [-0.15, -0.1) is 0 Å². The summed E-state index contributed by atoms with van der Waals surface area (Å²) in [4.78, 5) is 9.70. The molecule has 21 heavy (non-hydrogen) atoms. The molecule has 0 atom stereocenters. The maximum Gasteiger partial charge on any atom is 0.339 e. The van der Waals surface area contributed by atoms with Crippen molar-refractivity contribution in [1.82, 2.24) is 0 Å². The number of hydrogen-bond acceptors (Lipinski definition) is 5. The third kappa shape index (κ3) is 3.34. The van der Waals surface area contributed by atoms with Crippen molar-refractivity contribution in [1.29, 1.82) is 0 Å². The van der Waals surface area contributed by atoms with Gasteiger partial charge in [-0.05, 0) is 42.8 Å². The molecule has 110 valence electrons. The predicted octanol–water partition coefficient (Wildman–Crippen LogP) is 2.81. The molecule has 0 aliphatic heterocycles. The second-order valence-corrected chi connectivity index (χ2v) is 5.75. The maximum atomic E-state index is 13.1. The van der Waals surface area contributed by atoms with Crippen LogP contribution in [0.2, 0.25) is 0 Å². The number of nitro groups is 1. The zero-order valence-corrected chi connectivity index (χ0v) is 11.6. The Morgan fingerprint density at radius 3 is 2.29 bits per heavy atom. The summed E-state index contributed by atoms with van der Waals surface area (Å²) in [6.07, 6.45) is 0. The highest BCUT2D eigenvalue weighted by molar-refractivity contribution is 7.87. The van der Waals surface area contributed by atoms with E-state index in [0.717, 1.165) is 30.3 Å². The van der Waals surface area contributed by atoms with Crippen LogP contribution in [0, 0.1) is 22.9 Å². The minimum Gasteiger partial charge on any atom is -0.379 e. The van der Waals surface area contributed by atoms with Crippen LogP contribution >= 0.6 is 0 Å². The molecule has 0 aromatic heterocycles. The highest BCUT2D eigenvalue weighted by Gasteiger charge is 2.18. The molecule has 2 aromatic rings. The van der Waals surface area contributed by atoms with Crippen molar-refractivity contribution in [2.24, 2.45) is 0 Å². The SMILES string of the molecule is Cc1cc(S(=O)(=O)Oc2ccc([N+](=O)[O-])cc2)ccc1F. The van der Waals surface area contributed by atoms with Crippen LogP contribution in [0.25, 0.3) is 0 Å². The van der Waals surface area contributed by atoms with E-state index in [1.165, 1.54) is 19.1 Å². The molecule has 0 aliphatic rings. The van der Waals surface area contributed by atoms with E-state index in [9.17, 15) is 22.9 Å². The van der Waals surface area contributed by atoms with Crippen LogP contribution in [0.15, 0.2) is 47.4 Å². The van der Waals surface area contributed by atoms with Crippen molar-refractivity contribution >= 4 is 15.8 Å². The smallest absolute Gasteiger partial charge is 0.339 e. The Bertz CT molecular complexity index is 787. The molecule has 0 radical (unpaired) electrons. The van der Waals surface area contributed by atoms with Gasteiger partial charge in [0, 0.05) is 12.1 Å². The molecule has 2 rings (SSSR count). The van der Waals surface area contributed by atoms with E-state index in [1.54, 1.807) is 0 Å². The van der Waals surface area contributed by atoms with Gasteiger partial charge < -0.3 is 4.18 Å². The Balaban J connectivity index is 2.28. The van der Waals surface area contributed by atoms with E-state index in [1.807, 2.05) is 0 Å². The standard InChI is InChI=1S/C13H10FNO5S/c1-9-8-12(6-7-13(9)14)21(18,19)20-11-4-2-10(3-5-11)15(16)17/h2-8H,1H3. The van der Waals surface area contributed by atoms with Crippen LogP contribution in [0.5, 0.6) is 5.75 Å². The largest absolute Gasteiger partial charge is 0.379 e. The van der Waals surface area contributed by atoms with E-state index in [0.29, 0.717) is 0 Å². The van der Waals surface area contributed by atoms with Crippen LogP contribution < -0.4 is 4.18 Å². The number of rotatable bonds is 4. The van der Waals surface area contributed by atoms with E-state index in [4.69, 9.17) is 4.18 Å². The first-order valence-corrected chi connectivity index (χ1v) is 7.15. The fourth-order valence-electron chi connectivity index (χ4n) is 1.57. The van der Waals surface area contributed by atoms with Gasteiger partial charge in [-0.25, -0.2) is 4.39 Å². The molecule has 0 spiro atoms. The number of hydrogen-bond donors (Lipinski definition) is 0. The highest BCUT2D eigenvalue weighted by Crippen LogP contribution is 2.22. The summed E-state index contributed by atoms with van der Waals surface area (Å²) in [7, 11) is -4.12. The van der Waals surface area contributed by atoms with Crippen LogP contribution in [0.3, 0.4) is 0 Å². The molecule has 6 nitrogen and oxygen atoms in total. The lowest BCUT2D eigenvalue weighted by Gasteiger charge is -2.07. The molecule has 0 heterocycles. The third-order valence-corrected chi connectivity index (χ3v) is 3.91. The Hall–Kier alpha value is -2.48. The van der Waals surface area contributed by atoms with E-state index in [-0.39, 0.29) is 21.9 Å². The van der Waals surface area contributed by atoms with E-state index in [2.05, 4.69) is 0 Å². The Kier molecular flexibility index (Phi) is 3.90. The summed E-state index contributed by atoms with van der Waals surface area (Å²) in [6, 6.07) is 7.86. The fourth-order valence-corrected chi connectivity index (χ4v) is 2.59. The average molecular weight is 311 g/mol. The lowest BCUT2D eigenvalue weighted by Crippen LogP contribution is -2.10. The van der Waals surface area contributed by atoms with Crippen LogP contribution in [0.1, 0.15) is 5.56 Å². The number of aryl methyl sites for hydroxylation is 1. The van der Waals surface area contributed by atoms with Gasteiger partial charge in [-0.3, -0.25) is 10.1 Å². The molecule has 0 N–H and O–H groups in total. The lowest BCUT2D eigenvalue weighted by molar-refractivity contribution is -0.384. The van der Waals surface area contributed by atoms with Crippen LogP contribution in [0.4, 0.5) is 10.1 Å². The topological polar surface area (TPSA) is 86.5 Å². The normalized spacial score (nSPS) is 11.1. The van der Waals surface area contributed by atoms with Crippen molar-refractivity contribution in [2.75, 3.05) is 0 Å². The quantitative estimate of drug-likeness (QED) is 0.492. The monoisotopic (exact) mass is 311 g/mol. The summed E-state index contributed by atoms with van der Waals surface area (Å²) >= 11 is 0. The molecule has 0 aliphatic carbocycles. The van der Waals surface area contributed by atoms with Crippen molar-refractivity contribution in [3.8, 4) is 5.75 Å². The van der Waals surface area contributed by atoms with Crippen molar-refractivity contribution in [2.45, 2.75) is 11.8 Å². The average Bonchev–Trinajstić information content (AvgIpc) is 2.42. The minimum absolute atomic E-state index is 0.0671. The number of nitrogens with zero attached hydrogens (tertiary/aromatic N) is 1. The molecular formula is C13H10FNO5S. The van der Waals surface area contributed by atoms with Gasteiger partial charge in [0.05, 0.1) is 4.92 Å². The number of halogens is 1. The summed E-state index contributed by atoms with van der Waals surface area (Å²) in [5.74, 6) is -0.591. The molecule has 0 saturated carbocycles. The molecule has 0 fully saturated rings. The summed E-state index contributed by atoms with van der Waals surface area (Å²) in [5.41, 5.74) is -0.0132. The fraction of sp³-hybridized carbons (Fsp3) is 0.0769. The van der Waals surface area contributed by atoms with E-state index >= 15 is 0 Å². The molecule has 8 heteroatoms. The molecule has 0 bridgehead atoms. The second-order valence-electron chi connectivity index (χ2n) is 4.20. The molecular weight excluding hydrogens is 301 g/mol. The number of benzene rings is 2.